The van der Waals surface area contributed by atoms with Gasteiger partial charge in [0.05, 0.1) is 18.8 Å². The lowest BCUT2D eigenvalue weighted by Crippen LogP contribution is -2.43. The standard InChI is InChI=1S/C9H19NO2/c1-10-8(6-11-2)9(12-3)7-4-5-7/h7-10H,4-6H2,1-3H3. The van der Waals surface area contributed by atoms with Crippen LogP contribution in [0.5, 0.6) is 0 Å². The Morgan fingerprint density at radius 1 is 1.42 bits per heavy atom. The smallest absolute Gasteiger partial charge is 0.0774 e. The largest absolute Gasteiger partial charge is 0.383 e. The maximum absolute atomic E-state index is 5.44. The molecule has 0 aromatic heterocycles. The highest BCUT2D eigenvalue weighted by Crippen LogP contribution is 2.35. The Balaban J connectivity index is 2.36. The van der Waals surface area contributed by atoms with Crippen molar-refractivity contribution in [1.29, 1.82) is 0 Å². The van der Waals surface area contributed by atoms with Crippen LogP contribution in [0.4, 0.5) is 0 Å². The number of ether oxygens (including phenoxy) is 2. The van der Waals surface area contributed by atoms with E-state index in [1.165, 1.54) is 12.8 Å². The third-order valence-electron chi connectivity index (χ3n) is 2.47. The van der Waals surface area contributed by atoms with E-state index in [9.17, 15) is 0 Å². The fourth-order valence-corrected chi connectivity index (χ4v) is 1.63. The zero-order valence-electron chi connectivity index (χ0n) is 8.17. The van der Waals surface area contributed by atoms with Gasteiger partial charge in [-0.2, -0.15) is 0 Å². The summed E-state index contributed by atoms with van der Waals surface area (Å²) in [5.41, 5.74) is 0. The number of hydrogen-bond acceptors (Lipinski definition) is 3. The van der Waals surface area contributed by atoms with Gasteiger partial charge in [0.25, 0.3) is 0 Å². The molecule has 1 aliphatic rings. The fraction of sp³-hybridized carbons (Fsp3) is 1.00. The fourth-order valence-electron chi connectivity index (χ4n) is 1.63. The molecule has 0 amide bonds. The summed E-state index contributed by atoms with van der Waals surface area (Å²) in [6.45, 7) is 0.728. The molecule has 1 fully saturated rings. The van der Waals surface area contributed by atoms with Crippen LogP contribution in [0.1, 0.15) is 12.8 Å². The first-order chi connectivity index (χ1) is 5.83. The average molecular weight is 173 g/mol. The number of methoxy groups -OCH3 is 2. The second-order valence-electron chi connectivity index (χ2n) is 3.39. The van der Waals surface area contributed by atoms with Crippen molar-refractivity contribution in [1.82, 2.24) is 5.32 Å². The molecule has 1 saturated carbocycles. The maximum Gasteiger partial charge on any atom is 0.0774 e. The van der Waals surface area contributed by atoms with Crippen LogP contribution >= 0.6 is 0 Å². The van der Waals surface area contributed by atoms with E-state index in [1.54, 1.807) is 14.2 Å². The van der Waals surface area contributed by atoms with Gasteiger partial charge < -0.3 is 14.8 Å². The molecule has 0 aromatic carbocycles. The third kappa shape index (κ3) is 2.44. The number of likely N-dealkylation sites (N-methyl/N-ethyl adjacent to an activating group) is 1. The molecule has 3 nitrogen and oxygen atoms in total. The molecule has 0 aromatic rings. The quantitative estimate of drug-likeness (QED) is 0.639. The van der Waals surface area contributed by atoms with Crippen LogP contribution in [0, 0.1) is 5.92 Å². The molecule has 2 atom stereocenters. The van der Waals surface area contributed by atoms with E-state index < -0.39 is 0 Å². The minimum atomic E-state index is 0.329. The highest BCUT2D eigenvalue weighted by atomic mass is 16.5. The van der Waals surface area contributed by atoms with E-state index >= 15 is 0 Å². The maximum atomic E-state index is 5.44. The molecule has 0 bridgehead atoms. The Kier molecular flexibility index (Phi) is 3.98. The first kappa shape index (κ1) is 9.96. The van der Waals surface area contributed by atoms with Crippen molar-refractivity contribution in [2.24, 2.45) is 5.92 Å². The summed E-state index contributed by atoms with van der Waals surface area (Å²) < 4.78 is 10.6. The molecule has 0 spiro atoms. The van der Waals surface area contributed by atoms with Crippen molar-refractivity contribution in [3.05, 3.63) is 0 Å². The van der Waals surface area contributed by atoms with Crippen molar-refractivity contribution < 1.29 is 9.47 Å². The van der Waals surface area contributed by atoms with E-state index in [0.29, 0.717) is 12.1 Å². The molecule has 3 heteroatoms. The van der Waals surface area contributed by atoms with Crippen LogP contribution in [0.2, 0.25) is 0 Å². The molecule has 0 radical (unpaired) electrons. The third-order valence-corrected chi connectivity index (χ3v) is 2.47. The van der Waals surface area contributed by atoms with Gasteiger partial charge in [-0.3, -0.25) is 0 Å². The first-order valence-electron chi connectivity index (χ1n) is 4.52. The minimum Gasteiger partial charge on any atom is -0.383 e. The van der Waals surface area contributed by atoms with Crippen molar-refractivity contribution in [3.63, 3.8) is 0 Å². The molecular weight excluding hydrogens is 154 g/mol. The van der Waals surface area contributed by atoms with Gasteiger partial charge in [0.15, 0.2) is 0 Å². The van der Waals surface area contributed by atoms with Crippen molar-refractivity contribution in [3.8, 4) is 0 Å². The van der Waals surface area contributed by atoms with E-state index in [0.717, 1.165) is 12.5 Å². The van der Waals surface area contributed by atoms with Gasteiger partial charge in [-0.05, 0) is 25.8 Å². The van der Waals surface area contributed by atoms with Gasteiger partial charge in [0.2, 0.25) is 0 Å². The van der Waals surface area contributed by atoms with E-state index in [1.807, 2.05) is 7.05 Å². The second-order valence-corrected chi connectivity index (χ2v) is 3.39. The summed E-state index contributed by atoms with van der Waals surface area (Å²) in [5.74, 6) is 0.752. The Labute approximate surface area is 74.4 Å². The Morgan fingerprint density at radius 2 is 2.08 bits per heavy atom. The van der Waals surface area contributed by atoms with Crippen molar-refractivity contribution >= 4 is 0 Å². The van der Waals surface area contributed by atoms with Crippen LogP contribution in [0.25, 0.3) is 0 Å². The lowest BCUT2D eigenvalue weighted by molar-refractivity contribution is 0.0235. The van der Waals surface area contributed by atoms with Crippen LogP contribution in [0.15, 0.2) is 0 Å². The molecule has 12 heavy (non-hydrogen) atoms. The lowest BCUT2D eigenvalue weighted by atomic mass is 10.1. The van der Waals surface area contributed by atoms with Gasteiger partial charge in [0, 0.05) is 14.2 Å². The highest BCUT2D eigenvalue weighted by molar-refractivity contribution is 4.89. The number of rotatable bonds is 6. The second kappa shape index (κ2) is 4.80. The summed E-state index contributed by atoms with van der Waals surface area (Å²) in [4.78, 5) is 0. The summed E-state index contributed by atoms with van der Waals surface area (Å²) in [6.07, 6.45) is 2.94. The zero-order valence-corrected chi connectivity index (χ0v) is 8.17. The van der Waals surface area contributed by atoms with Gasteiger partial charge in [-0.15, -0.1) is 0 Å². The molecule has 0 aliphatic heterocycles. The van der Waals surface area contributed by atoms with Gasteiger partial charge >= 0.3 is 0 Å². The molecule has 0 saturated heterocycles. The number of hydrogen-bond donors (Lipinski definition) is 1. The predicted molar refractivity (Wildman–Crippen MR) is 48.2 cm³/mol. The van der Waals surface area contributed by atoms with Crippen molar-refractivity contribution in [2.75, 3.05) is 27.9 Å². The van der Waals surface area contributed by atoms with Crippen LogP contribution in [-0.2, 0) is 9.47 Å². The molecule has 1 N–H and O–H groups in total. The van der Waals surface area contributed by atoms with E-state index in [2.05, 4.69) is 5.32 Å². The minimum absolute atomic E-state index is 0.329. The summed E-state index contributed by atoms with van der Waals surface area (Å²) in [6, 6.07) is 0.340. The molecule has 1 rings (SSSR count). The Morgan fingerprint density at radius 3 is 2.42 bits per heavy atom. The Bertz CT molecular complexity index is 126. The highest BCUT2D eigenvalue weighted by Gasteiger charge is 2.36. The molecule has 0 heterocycles. The lowest BCUT2D eigenvalue weighted by Gasteiger charge is -2.24. The Hall–Kier alpha value is -0.120. The van der Waals surface area contributed by atoms with E-state index in [-0.39, 0.29) is 0 Å². The molecule has 72 valence electrons. The average Bonchev–Trinajstić information content (AvgIpc) is 2.88. The monoisotopic (exact) mass is 173 g/mol. The molecule has 2 unspecified atom stereocenters. The van der Waals surface area contributed by atoms with E-state index in [4.69, 9.17) is 9.47 Å². The van der Waals surface area contributed by atoms with Crippen LogP contribution in [-0.4, -0.2) is 40.0 Å². The normalized spacial score (nSPS) is 22.2. The molecule has 1 aliphatic carbocycles. The predicted octanol–water partition coefficient (Wildman–Crippen LogP) is 0.646. The van der Waals surface area contributed by atoms with Gasteiger partial charge in [-0.1, -0.05) is 0 Å². The zero-order chi connectivity index (χ0) is 8.97. The van der Waals surface area contributed by atoms with Crippen LogP contribution in [0.3, 0.4) is 0 Å². The summed E-state index contributed by atoms with van der Waals surface area (Å²) in [7, 11) is 5.46. The summed E-state index contributed by atoms with van der Waals surface area (Å²) in [5, 5.41) is 3.23. The van der Waals surface area contributed by atoms with Crippen molar-refractivity contribution in [2.45, 2.75) is 25.0 Å². The summed E-state index contributed by atoms with van der Waals surface area (Å²) >= 11 is 0. The van der Waals surface area contributed by atoms with Gasteiger partial charge in [-0.25, -0.2) is 0 Å². The molecular formula is C9H19NO2. The SMILES string of the molecule is CNC(COC)C(OC)C1CC1. The van der Waals surface area contributed by atoms with Crippen LogP contribution < -0.4 is 5.32 Å². The number of nitrogens with one attached hydrogen (secondary N) is 1. The first-order valence-corrected chi connectivity index (χ1v) is 4.52. The van der Waals surface area contributed by atoms with Gasteiger partial charge in [0.1, 0.15) is 0 Å². The topological polar surface area (TPSA) is 30.5 Å².